The van der Waals surface area contributed by atoms with Gasteiger partial charge in [-0.2, -0.15) is 0 Å². The predicted octanol–water partition coefficient (Wildman–Crippen LogP) is 5.84. The Kier molecular flexibility index (Phi) is 56.0. The van der Waals surface area contributed by atoms with Crippen molar-refractivity contribution < 1.29 is 101 Å². The number of nitrogens with zero attached hydrogens (tertiary/aromatic N) is 5. The molecule has 4 bridgehead atoms. The molecule has 0 radical (unpaired) electrons. The molecule has 12 amide bonds. The van der Waals surface area contributed by atoms with E-state index in [1.54, 1.807) is 9.80 Å². The minimum absolute atomic E-state index is 0.00386. The highest BCUT2D eigenvalue weighted by atomic mass is 16.2. The Labute approximate surface area is 852 Å². The van der Waals surface area contributed by atoms with Crippen LogP contribution in [0.4, 0.5) is 0 Å². The zero-order valence-electron chi connectivity index (χ0n) is 86.7. The Morgan fingerprint density at radius 2 is 0.556 bits per heavy atom. The molecule has 38 heteroatoms. The summed E-state index contributed by atoms with van der Waals surface area (Å²) in [5.74, 6) is 2.70. The number of likely N-dealkylation sites (N-methyl/N-ethyl adjacent to an activating group) is 3. The van der Waals surface area contributed by atoms with E-state index in [2.05, 4.69) is 63.8 Å². The normalized spacial score (nSPS) is 19.8. The lowest BCUT2D eigenvalue weighted by Gasteiger charge is -2.35. The van der Waals surface area contributed by atoms with E-state index in [-0.39, 0.29) is 219 Å². The Morgan fingerprint density at radius 1 is 0.271 bits per heavy atom. The van der Waals surface area contributed by atoms with E-state index in [1.165, 1.54) is 51.4 Å². The third-order valence-corrected chi connectivity index (χ3v) is 27.5. The molecule has 144 heavy (non-hydrogen) atoms. The summed E-state index contributed by atoms with van der Waals surface area (Å²) in [7, 11) is 5.67. The molecular weight excluding hydrogens is 1850 g/mol. The summed E-state index contributed by atoms with van der Waals surface area (Å²) in [6.07, 6.45) is 37.7. The van der Waals surface area contributed by atoms with Gasteiger partial charge >= 0.3 is 0 Å². The summed E-state index contributed by atoms with van der Waals surface area (Å²) >= 11 is 0. The Morgan fingerprint density at radius 3 is 0.903 bits per heavy atom. The smallest absolute Gasteiger partial charge is 0.240 e. The first-order valence-electron chi connectivity index (χ1n) is 54.8. The van der Waals surface area contributed by atoms with Crippen LogP contribution in [0.15, 0.2) is 0 Å². The van der Waals surface area contributed by atoms with E-state index in [0.29, 0.717) is 255 Å². The Balaban J connectivity index is 0.000000232. The van der Waals surface area contributed by atoms with Gasteiger partial charge in [0.2, 0.25) is 70.9 Å². The lowest BCUT2D eigenvalue weighted by molar-refractivity contribution is -0.140. The number of nitrogens with one attached hydrogen (secondary N) is 12. The molecule has 4 heterocycles. The fraction of sp³-hybridized carbons (Fsp3) is 0.802. The number of fused-ring (bicyclic) bond motifs is 4. The van der Waals surface area contributed by atoms with Gasteiger partial charge in [-0.25, -0.2) is 0 Å². The van der Waals surface area contributed by atoms with Crippen LogP contribution >= 0.6 is 0 Å². The van der Waals surface area contributed by atoms with Crippen molar-refractivity contribution in [3.05, 3.63) is 0 Å². The number of carbonyl (C=O) groups is 21. The van der Waals surface area contributed by atoms with E-state index in [1.807, 2.05) is 35.8 Å². The van der Waals surface area contributed by atoms with Gasteiger partial charge in [0.25, 0.3) is 0 Å². The van der Waals surface area contributed by atoms with E-state index < -0.39 is 12.2 Å². The number of Topliss-reactive ketones (excluding diaryl/α,β-unsaturated/α-hetero) is 9. The third-order valence-electron chi connectivity index (χ3n) is 27.5. The number of hydrogen-bond donors (Lipinski definition) is 12. The number of rotatable bonds is 65. The monoisotopic (exact) mass is 2020 g/mol. The number of amides is 12. The van der Waals surface area contributed by atoms with Crippen molar-refractivity contribution in [3.8, 4) is 0 Å². The summed E-state index contributed by atoms with van der Waals surface area (Å²) in [6.45, 7) is 7.48. The molecule has 4 saturated heterocycles. The van der Waals surface area contributed by atoms with Crippen LogP contribution in [0.5, 0.6) is 0 Å². The standard InChI is InChI=1S/C37H58N6O8.C21H34N2O4.3C16H27N3O3/c44-27(16-19-35(49)41-33-15-6-12-30(47)25-43-22-8-14-32(40-33)37(43)51)10-3-1-2-4-20-38-34(48)18-17-28(45)23-26-9-5-11-29(46)24-42-21-7-13-31(39-26)36(42)50;24-18(10-13-21(27)23-17-8-9-17)5-3-1-2-4-14-22-20(26)12-11-19(25)15-16-6-7-16;3*1-19(11-14(20)10-12-2-3-12)9-8-17-15(21)6-7-16(22)18-13-4-5-13/h26,31-33,39-40H,1-25H2,(H,38,48)(H,41,49);16-17H,1-15H2,(H,22,26)(H,23,27);3*12-13H,2-11H2,1H3,(H,17,21)(H,18,22)/t26?,31-,32-,33?;;;;/m1..../s1. The largest absolute Gasteiger partial charge is 0.356 e. The van der Waals surface area contributed by atoms with Gasteiger partial charge in [-0.3, -0.25) is 121 Å². The van der Waals surface area contributed by atoms with Crippen LogP contribution in [0.2, 0.25) is 0 Å². The molecule has 12 rings (SSSR count). The molecule has 2 unspecified atom stereocenters. The maximum Gasteiger partial charge on any atom is 0.240 e. The summed E-state index contributed by atoms with van der Waals surface area (Å²) < 4.78 is 0. The van der Waals surface area contributed by atoms with E-state index in [0.717, 1.165) is 109 Å². The summed E-state index contributed by atoms with van der Waals surface area (Å²) in [6, 6.07) is 0.416. The van der Waals surface area contributed by atoms with Crippen LogP contribution in [0.1, 0.15) is 353 Å². The number of unbranched alkanes of at least 4 members (excludes halogenated alkanes) is 6. The van der Waals surface area contributed by atoms with Crippen LogP contribution < -0.4 is 63.8 Å². The zero-order chi connectivity index (χ0) is 104. The third kappa shape index (κ3) is 59.9. The predicted molar refractivity (Wildman–Crippen MR) is 541 cm³/mol. The van der Waals surface area contributed by atoms with Gasteiger partial charge in [-0.05, 0) is 225 Å². The molecule has 4 aliphatic heterocycles. The second kappa shape index (κ2) is 67.4. The van der Waals surface area contributed by atoms with Crippen LogP contribution in [0.25, 0.3) is 0 Å². The first-order chi connectivity index (χ1) is 69.2. The molecule has 0 aromatic rings. The van der Waals surface area contributed by atoms with Gasteiger partial charge in [0.1, 0.15) is 40.5 Å². The molecule has 8 aliphatic carbocycles. The number of piperidine rings is 2. The molecule has 4 atom stereocenters. The average Bonchev–Trinajstić information content (AvgIpc) is 1.15. The van der Waals surface area contributed by atoms with E-state index >= 15 is 0 Å². The first kappa shape index (κ1) is 120. The number of carbonyl (C=O) groups excluding carboxylic acids is 21. The van der Waals surface area contributed by atoms with Gasteiger partial charge in [0.05, 0.1) is 51.0 Å². The molecule has 8 saturated carbocycles. The van der Waals surface area contributed by atoms with Crippen molar-refractivity contribution in [2.24, 2.45) is 23.7 Å². The molecule has 0 aromatic carbocycles. The Hall–Kier alpha value is -9.53. The molecule has 12 aliphatic rings. The minimum Gasteiger partial charge on any atom is -0.356 e. The van der Waals surface area contributed by atoms with Crippen molar-refractivity contribution in [1.82, 2.24) is 88.3 Å². The average molecular weight is 2020 g/mol. The molecule has 12 N–H and O–H groups in total. The maximum atomic E-state index is 12.8. The molecule has 0 spiro atoms. The van der Waals surface area contributed by atoms with Crippen molar-refractivity contribution >= 4 is 123 Å². The summed E-state index contributed by atoms with van der Waals surface area (Å²) in [5.41, 5.74) is 0. The Bertz CT molecular complexity index is 3870. The SMILES string of the molecule is CN(CCNC(=O)CCC(=O)NC1CC1)CC(=O)CC1CC1.CN(CCNC(=O)CCC(=O)NC1CC1)CC(=O)CC1CC1.CN(CCNC(=O)CCC(=O)NC1CC1)CC(=O)CC1CC1.O=C(CCCCCCNC(=O)CCC(=O)CC1CC1)CCC(=O)NC1CC1.O=C(CCCCCCNC(=O)CCC(=O)CC1CCCC(=O)CN2CCC[C@@H](N1)C2=O)CCC(=O)NC1CCCC(=O)CN2CCC[C@@H](N1)C2=O. The lowest BCUT2D eigenvalue weighted by atomic mass is 9.95. The van der Waals surface area contributed by atoms with E-state index in [4.69, 9.17) is 0 Å². The second-order valence-corrected chi connectivity index (χ2v) is 42.6. The summed E-state index contributed by atoms with van der Waals surface area (Å²) in [5, 5.41) is 35.1. The molecule has 12 fully saturated rings. The van der Waals surface area contributed by atoms with Crippen LogP contribution in [-0.2, 0) is 101 Å². The zero-order valence-corrected chi connectivity index (χ0v) is 86.7. The maximum absolute atomic E-state index is 12.8. The topological polar surface area (TPSA) is 519 Å². The quantitative estimate of drug-likeness (QED) is 0.0318. The fourth-order valence-corrected chi connectivity index (χ4v) is 17.5. The molecule has 38 nitrogen and oxygen atoms in total. The highest BCUT2D eigenvalue weighted by molar-refractivity contribution is 5.93. The van der Waals surface area contributed by atoms with Crippen LogP contribution in [-0.4, -0.2) is 315 Å². The molecule has 808 valence electrons. The summed E-state index contributed by atoms with van der Waals surface area (Å²) in [4.78, 5) is 260. The van der Waals surface area contributed by atoms with Crippen molar-refractivity contribution in [3.63, 3.8) is 0 Å². The highest BCUT2D eigenvalue weighted by Gasteiger charge is 2.37. The van der Waals surface area contributed by atoms with Gasteiger partial charge in [0.15, 0.2) is 11.6 Å². The van der Waals surface area contributed by atoms with Crippen molar-refractivity contribution in [1.29, 1.82) is 0 Å². The van der Waals surface area contributed by atoms with Crippen LogP contribution in [0, 0.1) is 23.7 Å². The lowest BCUT2D eigenvalue weighted by Crippen LogP contribution is -2.58. The number of ketones is 9. The molecule has 0 aromatic heterocycles. The highest BCUT2D eigenvalue weighted by Crippen LogP contribution is 2.35. The van der Waals surface area contributed by atoms with Gasteiger partial charge < -0.3 is 68.3 Å². The second-order valence-electron chi connectivity index (χ2n) is 42.6. The van der Waals surface area contributed by atoms with Crippen molar-refractivity contribution in [2.45, 2.75) is 402 Å². The van der Waals surface area contributed by atoms with Gasteiger partial charge in [-0.15, -0.1) is 0 Å². The van der Waals surface area contributed by atoms with Crippen molar-refractivity contribution in [2.75, 3.05) is 119 Å². The number of hydrogen-bond acceptors (Lipinski definition) is 26. The van der Waals surface area contributed by atoms with E-state index in [9.17, 15) is 101 Å². The first-order valence-corrected chi connectivity index (χ1v) is 54.8. The minimum atomic E-state index is -0.421. The van der Waals surface area contributed by atoms with Gasteiger partial charge in [0, 0.05) is 243 Å². The fourth-order valence-electron chi connectivity index (χ4n) is 17.5. The van der Waals surface area contributed by atoms with Gasteiger partial charge in [-0.1, -0.05) is 25.7 Å². The molecular formula is C106H173N17O21. The van der Waals surface area contributed by atoms with Crippen LogP contribution in [0.3, 0.4) is 0 Å².